The molecule has 125 valence electrons. The number of hydrogen-bond donors (Lipinski definition) is 0. The maximum atomic E-state index is 10.8. The van der Waals surface area contributed by atoms with Gasteiger partial charge >= 0.3 is 25.8 Å². The van der Waals surface area contributed by atoms with Crippen LogP contribution in [0.4, 0.5) is 0 Å². The summed E-state index contributed by atoms with van der Waals surface area (Å²) in [5, 5.41) is 0. The van der Waals surface area contributed by atoms with Gasteiger partial charge in [0.05, 0.1) is 5.91 Å². The van der Waals surface area contributed by atoms with Gasteiger partial charge in [-0.1, -0.05) is 31.3 Å². The fourth-order valence-electron chi connectivity index (χ4n) is 1.67. The molecule has 2 nitrogen and oxygen atoms in total. The van der Waals surface area contributed by atoms with Crippen LogP contribution in [0.3, 0.4) is 0 Å². The summed E-state index contributed by atoms with van der Waals surface area (Å²) in [6.07, 6.45) is 8.24. The summed E-state index contributed by atoms with van der Waals surface area (Å²) in [7, 11) is 0.750. The number of benzene rings is 1. The van der Waals surface area contributed by atoms with Gasteiger partial charge in [0, 0.05) is 15.1 Å². The fraction of sp³-hybridized carbons (Fsp3) is 0.353. The van der Waals surface area contributed by atoms with Gasteiger partial charge in [-0.05, 0) is 25.0 Å². The molecule has 0 bridgehead atoms. The number of nitrogens with one attached hydrogen (secondary N) is 1. The molecule has 23 heavy (non-hydrogen) atoms. The minimum absolute atomic E-state index is 0. The standard InChI is InChI=1S/C9H11NO.C6H7.C2H7Si.2ClH.Hf/c1-6-4-3-5-7(2)8(6)9(10)11;1-6-4-2-3-5-6;1-3-2;;;/h3-5H,1-2H3,(H2,10,11);4-5H,2H2,1H3;3H,1-2H3;2*1H;/q;-1;;;;+4/p-3. The third-order valence-electron chi connectivity index (χ3n) is 2.58. The first kappa shape index (κ1) is 30.7. The normalized spacial score (nSPS) is 10.2. The van der Waals surface area contributed by atoms with E-state index in [-0.39, 0.29) is 50.7 Å². The first-order valence-corrected chi connectivity index (χ1v) is 9.04. The van der Waals surface area contributed by atoms with E-state index in [1.54, 1.807) is 0 Å². The van der Waals surface area contributed by atoms with Crippen LogP contribution < -0.4 is 24.8 Å². The van der Waals surface area contributed by atoms with Crippen LogP contribution >= 0.6 is 0 Å². The van der Waals surface area contributed by atoms with E-state index < -0.39 is 5.91 Å². The Labute approximate surface area is 174 Å². The van der Waals surface area contributed by atoms with Crippen LogP contribution in [0, 0.1) is 19.9 Å². The van der Waals surface area contributed by atoms with E-state index in [0.717, 1.165) is 27.1 Å². The van der Waals surface area contributed by atoms with E-state index in [0.29, 0.717) is 5.56 Å². The van der Waals surface area contributed by atoms with Gasteiger partial charge in [0.25, 0.3) is 0 Å². The molecule has 0 aliphatic heterocycles. The molecular weight excluding hydrogens is 512 g/mol. The number of halogens is 2. The molecule has 2 rings (SSSR count). The number of amides is 1. The molecule has 0 atom stereocenters. The zero-order valence-corrected chi connectivity index (χ0v) is 20.6. The molecule has 0 fully saturated rings. The topological polar surface area (TPSA) is 40.9 Å². The van der Waals surface area contributed by atoms with Crippen LogP contribution in [0.5, 0.6) is 0 Å². The Hall–Kier alpha value is -0.163. The van der Waals surface area contributed by atoms with Crippen molar-refractivity contribution in [2.45, 2.75) is 40.3 Å². The van der Waals surface area contributed by atoms with Crippen molar-refractivity contribution in [1.82, 2.24) is 0 Å². The molecule has 6 heteroatoms. The smallest absolute Gasteiger partial charge is 1.00 e. The third-order valence-corrected chi connectivity index (χ3v) is 2.58. The SMILES string of the molecule is CC1=CC[C-]=C1.C[SiH]C.Cc1cccc(C)c1C([NH-])=O.[Cl-].[Cl-].[Hf+4]. The van der Waals surface area contributed by atoms with Crippen molar-refractivity contribution in [2.24, 2.45) is 0 Å². The number of carbonyl (C=O) groups is 1. The summed E-state index contributed by atoms with van der Waals surface area (Å²) in [6.45, 7) is 10.2. The molecule has 1 amide bonds. The number of rotatable bonds is 1. The van der Waals surface area contributed by atoms with Crippen molar-refractivity contribution in [3.63, 3.8) is 0 Å². The second-order valence-corrected chi connectivity index (χ2v) is 5.83. The minimum atomic E-state index is -0.597. The maximum Gasteiger partial charge on any atom is 4.00 e. The molecule has 0 spiro atoms. The quantitative estimate of drug-likeness (QED) is 0.326. The molecular formula is C17H24Cl2HfNOSi. The van der Waals surface area contributed by atoms with Gasteiger partial charge in [-0.3, -0.25) is 6.08 Å². The van der Waals surface area contributed by atoms with Gasteiger partial charge in [-0.2, -0.15) is 6.08 Å². The third kappa shape index (κ3) is 13.9. The monoisotopic (exact) mass is 536 g/mol. The predicted octanol–water partition coefficient (Wildman–Crippen LogP) is -1.28. The van der Waals surface area contributed by atoms with Crippen LogP contribution in [-0.2, 0) is 25.8 Å². The number of allylic oxidation sites excluding steroid dienone is 4. The first-order chi connectivity index (χ1) is 9.43. The van der Waals surface area contributed by atoms with Crippen molar-refractivity contribution in [3.8, 4) is 0 Å². The van der Waals surface area contributed by atoms with Crippen LogP contribution in [0.15, 0.2) is 35.9 Å². The van der Waals surface area contributed by atoms with E-state index in [1.165, 1.54) is 5.57 Å². The average molecular weight is 536 g/mol. The molecule has 0 unspecified atom stereocenters. The zero-order valence-electron chi connectivity index (χ0n) is 14.3. The Balaban J connectivity index is -0.000000130. The van der Waals surface area contributed by atoms with E-state index in [1.807, 2.05) is 38.1 Å². The van der Waals surface area contributed by atoms with Crippen LogP contribution in [-0.4, -0.2) is 15.4 Å². The Morgan fingerprint density at radius 3 is 1.74 bits per heavy atom. The molecule has 1 aliphatic rings. The summed E-state index contributed by atoms with van der Waals surface area (Å²) in [4.78, 5) is 10.8. The predicted molar refractivity (Wildman–Crippen MR) is 89.6 cm³/mol. The fourth-order valence-corrected chi connectivity index (χ4v) is 1.67. The van der Waals surface area contributed by atoms with Gasteiger partial charge < -0.3 is 35.3 Å². The molecule has 0 saturated carbocycles. The molecule has 1 aliphatic carbocycles. The van der Waals surface area contributed by atoms with Crippen molar-refractivity contribution < 1.29 is 55.5 Å². The summed E-state index contributed by atoms with van der Waals surface area (Å²) >= 11 is 0. The first-order valence-electron chi connectivity index (χ1n) is 6.73. The molecule has 0 aromatic heterocycles. The zero-order chi connectivity index (χ0) is 15.5. The maximum absolute atomic E-state index is 10.8. The Kier molecular flexibility index (Phi) is 24.3. The van der Waals surface area contributed by atoms with Crippen LogP contribution in [0.1, 0.15) is 34.8 Å². The van der Waals surface area contributed by atoms with Gasteiger partial charge in [-0.25, -0.2) is 11.6 Å². The molecule has 1 aromatic rings. The summed E-state index contributed by atoms with van der Waals surface area (Å²) in [5.41, 5.74) is 10.6. The number of carbonyl (C=O) groups excluding carboxylic acids is 1. The summed E-state index contributed by atoms with van der Waals surface area (Å²) < 4.78 is 0. The van der Waals surface area contributed by atoms with Gasteiger partial charge in [0.2, 0.25) is 0 Å². The molecule has 1 aromatic carbocycles. The van der Waals surface area contributed by atoms with Crippen molar-refractivity contribution in [1.29, 1.82) is 0 Å². The second kappa shape index (κ2) is 18.2. The Bertz CT molecular complexity index is 482. The number of hydrogen-bond acceptors (Lipinski definition) is 1. The summed E-state index contributed by atoms with van der Waals surface area (Å²) in [6, 6.07) is 5.57. The van der Waals surface area contributed by atoms with Crippen molar-refractivity contribution in [2.75, 3.05) is 0 Å². The van der Waals surface area contributed by atoms with E-state index in [2.05, 4.69) is 32.2 Å². The van der Waals surface area contributed by atoms with Crippen molar-refractivity contribution >= 4 is 15.4 Å². The van der Waals surface area contributed by atoms with E-state index in [4.69, 9.17) is 5.73 Å². The molecule has 1 radical (unpaired) electrons. The number of aryl methyl sites for hydroxylation is 2. The minimum Gasteiger partial charge on any atom is -1.00 e. The Morgan fingerprint density at radius 2 is 1.57 bits per heavy atom. The molecule has 0 heterocycles. The van der Waals surface area contributed by atoms with Gasteiger partial charge in [0.1, 0.15) is 0 Å². The van der Waals surface area contributed by atoms with Crippen LogP contribution in [0.25, 0.3) is 5.73 Å². The van der Waals surface area contributed by atoms with Crippen molar-refractivity contribution in [3.05, 3.63) is 64.4 Å². The average Bonchev–Trinajstić information content (AvgIpc) is 2.81. The van der Waals surface area contributed by atoms with Gasteiger partial charge in [0.15, 0.2) is 0 Å². The van der Waals surface area contributed by atoms with Crippen LogP contribution in [0.2, 0.25) is 13.1 Å². The molecule has 0 saturated heterocycles. The van der Waals surface area contributed by atoms with E-state index >= 15 is 0 Å². The van der Waals surface area contributed by atoms with E-state index in [9.17, 15) is 4.79 Å². The second-order valence-electron chi connectivity index (χ2n) is 4.67. The van der Waals surface area contributed by atoms with Gasteiger partial charge in [-0.15, -0.1) is 13.3 Å². The largest absolute Gasteiger partial charge is 4.00 e. The summed E-state index contributed by atoms with van der Waals surface area (Å²) in [5.74, 6) is -0.597. The molecule has 1 N–H and O–H groups in total. The Morgan fingerprint density at radius 1 is 1.13 bits per heavy atom.